The summed E-state index contributed by atoms with van der Waals surface area (Å²) in [5, 5.41) is 32.0. The molecule has 230 valence electrons. The standard InChI is InChI=1S/C27H27F3N4O9/c1-26(2,3)43-25(40)34(24(38)39)14-16-12-17(5-4-15(16)13-31)32-22(36)20(35)21-23(37)33(10-11-41-21)18-6-8-19(9-7-18)42-27(28,29)30/h4-9,12,20-21,35H,10-11,14H2,1-3H3,(H,32,36)(H,38,39)/t20-,21-/m1/s1. The van der Waals surface area contributed by atoms with Crippen LogP contribution in [0.5, 0.6) is 5.75 Å². The Hall–Kier alpha value is -4.88. The van der Waals surface area contributed by atoms with E-state index in [0.29, 0.717) is 4.90 Å². The van der Waals surface area contributed by atoms with E-state index in [2.05, 4.69) is 10.1 Å². The molecule has 3 rings (SSSR count). The fraction of sp³-hybridized carbons (Fsp3) is 0.370. The molecule has 0 saturated carbocycles. The highest BCUT2D eigenvalue weighted by Gasteiger charge is 2.40. The Morgan fingerprint density at radius 2 is 1.84 bits per heavy atom. The van der Waals surface area contributed by atoms with E-state index < -0.39 is 60.5 Å². The zero-order valence-corrected chi connectivity index (χ0v) is 23.0. The van der Waals surface area contributed by atoms with Crippen LogP contribution in [-0.2, 0) is 25.6 Å². The average Bonchev–Trinajstić information content (AvgIpc) is 2.90. The van der Waals surface area contributed by atoms with Crippen molar-refractivity contribution >= 4 is 35.4 Å². The SMILES string of the molecule is CC(C)(C)OC(=O)N(Cc1cc(NC(=O)[C@H](O)[C@H]2OCCN(c3ccc(OC(F)(F)F)cc3)C2=O)ccc1C#N)C(=O)O. The maximum atomic E-state index is 13.0. The Morgan fingerprint density at radius 3 is 2.40 bits per heavy atom. The minimum Gasteiger partial charge on any atom is -0.465 e. The molecule has 1 heterocycles. The van der Waals surface area contributed by atoms with E-state index >= 15 is 0 Å². The number of nitriles is 1. The normalized spacial score (nSPS) is 16.1. The molecule has 3 N–H and O–H groups in total. The topological polar surface area (TPSA) is 179 Å². The number of aliphatic hydroxyl groups excluding tert-OH is 1. The molecule has 0 aromatic heterocycles. The van der Waals surface area contributed by atoms with E-state index in [4.69, 9.17) is 9.47 Å². The minimum absolute atomic E-state index is 0.00653. The van der Waals surface area contributed by atoms with Crippen molar-refractivity contribution < 1.29 is 56.8 Å². The number of halogens is 3. The number of carbonyl (C=O) groups is 4. The number of imide groups is 1. The van der Waals surface area contributed by atoms with Crippen LogP contribution in [0, 0.1) is 11.3 Å². The van der Waals surface area contributed by atoms with Gasteiger partial charge in [0.25, 0.3) is 11.8 Å². The molecule has 0 radical (unpaired) electrons. The van der Waals surface area contributed by atoms with Crippen molar-refractivity contribution in [3.05, 3.63) is 53.6 Å². The van der Waals surface area contributed by atoms with Gasteiger partial charge in [-0.15, -0.1) is 13.2 Å². The Morgan fingerprint density at radius 1 is 1.19 bits per heavy atom. The number of rotatable bonds is 7. The summed E-state index contributed by atoms with van der Waals surface area (Å²) in [5.74, 6) is -2.44. The van der Waals surface area contributed by atoms with Crippen LogP contribution in [0.3, 0.4) is 0 Å². The number of carboxylic acid groups (broad SMARTS) is 1. The quantitative estimate of drug-likeness (QED) is 0.421. The van der Waals surface area contributed by atoms with Crippen molar-refractivity contribution in [2.45, 2.75) is 51.5 Å². The molecule has 0 bridgehead atoms. The molecule has 0 unspecified atom stereocenters. The Balaban J connectivity index is 1.74. The molecule has 2 aromatic carbocycles. The van der Waals surface area contributed by atoms with Gasteiger partial charge in [0.1, 0.15) is 11.4 Å². The number of hydrogen-bond acceptors (Lipinski definition) is 9. The van der Waals surface area contributed by atoms with Crippen LogP contribution in [0.2, 0.25) is 0 Å². The number of nitrogens with one attached hydrogen (secondary N) is 1. The Bertz CT molecular complexity index is 1420. The number of aliphatic hydroxyl groups is 1. The maximum Gasteiger partial charge on any atom is 0.573 e. The predicted octanol–water partition coefficient (Wildman–Crippen LogP) is 3.60. The summed E-state index contributed by atoms with van der Waals surface area (Å²) in [4.78, 5) is 51.5. The number of amides is 4. The minimum atomic E-state index is -4.90. The third kappa shape index (κ3) is 8.80. The van der Waals surface area contributed by atoms with Crippen molar-refractivity contribution in [2.75, 3.05) is 23.4 Å². The highest BCUT2D eigenvalue weighted by atomic mass is 19.4. The van der Waals surface area contributed by atoms with Crippen molar-refractivity contribution in [2.24, 2.45) is 0 Å². The van der Waals surface area contributed by atoms with Gasteiger partial charge in [-0.1, -0.05) is 0 Å². The van der Waals surface area contributed by atoms with Crippen LogP contribution in [-0.4, -0.2) is 76.4 Å². The summed E-state index contributed by atoms with van der Waals surface area (Å²) in [6.07, 6.45) is -11.5. The molecule has 2 atom stereocenters. The fourth-order valence-electron chi connectivity index (χ4n) is 3.88. The third-order valence-electron chi connectivity index (χ3n) is 5.73. The monoisotopic (exact) mass is 608 g/mol. The maximum absolute atomic E-state index is 13.0. The van der Waals surface area contributed by atoms with Crippen molar-refractivity contribution in [1.82, 2.24) is 4.90 Å². The molecule has 16 heteroatoms. The lowest BCUT2D eigenvalue weighted by Gasteiger charge is -2.34. The lowest BCUT2D eigenvalue weighted by Crippen LogP contribution is -2.55. The van der Waals surface area contributed by atoms with E-state index in [1.165, 1.54) is 51.1 Å². The number of carbonyl (C=O) groups excluding carboxylic acids is 3. The number of benzene rings is 2. The van der Waals surface area contributed by atoms with E-state index in [0.717, 1.165) is 17.0 Å². The van der Waals surface area contributed by atoms with Crippen LogP contribution in [0.4, 0.5) is 34.1 Å². The number of ether oxygens (including phenoxy) is 3. The first-order valence-corrected chi connectivity index (χ1v) is 12.5. The van der Waals surface area contributed by atoms with Gasteiger partial charge < -0.3 is 34.6 Å². The summed E-state index contributed by atoms with van der Waals surface area (Å²) in [6, 6.07) is 10.0. The lowest BCUT2D eigenvalue weighted by atomic mass is 10.1. The van der Waals surface area contributed by atoms with E-state index in [1.807, 2.05) is 6.07 Å². The predicted molar refractivity (Wildman–Crippen MR) is 141 cm³/mol. The number of nitrogens with zero attached hydrogens (tertiary/aromatic N) is 3. The fourth-order valence-corrected chi connectivity index (χ4v) is 3.88. The molecule has 13 nitrogen and oxygen atoms in total. The third-order valence-corrected chi connectivity index (χ3v) is 5.73. The summed E-state index contributed by atoms with van der Waals surface area (Å²) in [7, 11) is 0. The summed E-state index contributed by atoms with van der Waals surface area (Å²) in [6.45, 7) is 3.88. The molecule has 2 aromatic rings. The zero-order chi connectivity index (χ0) is 32.1. The highest BCUT2D eigenvalue weighted by molar-refractivity contribution is 6.03. The van der Waals surface area contributed by atoms with Crippen LogP contribution in [0.25, 0.3) is 0 Å². The second-order valence-electron chi connectivity index (χ2n) is 10.1. The summed E-state index contributed by atoms with van der Waals surface area (Å²) >= 11 is 0. The van der Waals surface area contributed by atoms with Crippen molar-refractivity contribution in [1.29, 1.82) is 5.26 Å². The first-order valence-electron chi connectivity index (χ1n) is 12.5. The smallest absolute Gasteiger partial charge is 0.465 e. The molecule has 1 aliphatic heterocycles. The molecule has 0 spiro atoms. The average molecular weight is 609 g/mol. The van der Waals surface area contributed by atoms with Crippen molar-refractivity contribution in [3.8, 4) is 11.8 Å². The van der Waals surface area contributed by atoms with Gasteiger partial charge in [0.15, 0.2) is 12.2 Å². The first kappa shape index (κ1) is 32.6. The Kier molecular flexibility index (Phi) is 9.84. The van der Waals surface area contributed by atoms with Gasteiger partial charge in [0.05, 0.1) is 24.8 Å². The van der Waals surface area contributed by atoms with Crippen molar-refractivity contribution in [3.63, 3.8) is 0 Å². The highest BCUT2D eigenvalue weighted by Crippen LogP contribution is 2.27. The molecule has 4 amide bonds. The second-order valence-corrected chi connectivity index (χ2v) is 10.1. The molecule has 1 fully saturated rings. The largest absolute Gasteiger partial charge is 0.573 e. The summed E-state index contributed by atoms with van der Waals surface area (Å²) < 4.78 is 51.5. The van der Waals surface area contributed by atoms with E-state index in [-0.39, 0.29) is 35.7 Å². The molecule has 1 saturated heterocycles. The lowest BCUT2D eigenvalue weighted by molar-refractivity contribution is -0.274. The van der Waals surface area contributed by atoms with Gasteiger partial charge in [-0.3, -0.25) is 9.59 Å². The summed E-state index contributed by atoms with van der Waals surface area (Å²) in [5.41, 5.74) is -0.828. The van der Waals surface area contributed by atoms with Gasteiger partial charge in [-0.05, 0) is 68.8 Å². The molecule has 0 aliphatic carbocycles. The number of morpholine rings is 1. The number of alkyl halides is 3. The van der Waals surface area contributed by atoms with Gasteiger partial charge in [0, 0.05) is 17.9 Å². The molecular weight excluding hydrogens is 581 g/mol. The van der Waals surface area contributed by atoms with Gasteiger partial charge in [-0.2, -0.15) is 5.26 Å². The number of anilines is 2. The van der Waals surface area contributed by atoms with Gasteiger partial charge >= 0.3 is 18.5 Å². The van der Waals surface area contributed by atoms with E-state index in [9.17, 15) is 47.8 Å². The van der Waals surface area contributed by atoms with Gasteiger partial charge in [0.2, 0.25) is 0 Å². The molecular formula is C27H27F3N4O9. The van der Waals surface area contributed by atoms with Crippen LogP contribution < -0.4 is 15.0 Å². The first-order chi connectivity index (χ1) is 20.0. The van der Waals surface area contributed by atoms with E-state index in [1.54, 1.807) is 0 Å². The zero-order valence-electron chi connectivity index (χ0n) is 23.0. The Labute approximate surface area is 242 Å². The van der Waals surface area contributed by atoms with Gasteiger partial charge in [-0.25, -0.2) is 14.5 Å². The van der Waals surface area contributed by atoms with Crippen LogP contribution >= 0.6 is 0 Å². The second kappa shape index (κ2) is 13.0. The molecule has 1 aliphatic rings. The van der Waals surface area contributed by atoms with Crippen LogP contribution in [0.15, 0.2) is 42.5 Å². The number of hydrogen-bond donors (Lipinski definition) is 3. The molecule has 43 heavy (non-hydrogen) atoms. The van der Waals surface area contributed by atoms with Crippen LogP contribution in [0.1, 0.15) is 31.9 Å².